The van der Waals surface area contributed by atoms with Gasteiger partial charge in [-0.3, -0.25) is 0 Å². The molecule has 0 radical (unpaired) electrons. The summed E-state index contributed by atoms with van der Waals surface area (Å²) in [5.74, 6) is -0.115. The van der Waals surface area contributed by atoms with Gasteiger partial charge < -0.3 is 0 Å². The van der Waals surface area contributed by atoms with E-state index in [0.717, 1.165) is 0 Å². The Bertz CT molecular complexity index is 304. The second-order valence-corrected chi connectivity index (χ2v) is 3.01. The summed E-state index contributed by atoms with van der Waals surface area (Å²) < 4.78 is 37.3. The second-order valence-electron chi connectivity index (χ2n) is 2.74. The summed E-state index contributed by atoms with van der Waals surface area (Å²) in [6.07, 6.45) is -4.31. The topological polar surface area (TPSA) is 0 Å². The van der Waals surface area contributed by atoms with E-state index in [0.29, 0.717) is 0 Å². The van der Waals surface area contributed by atoms with Crippen molar-refractivity contribution in [2.24, 2.45) is 0 Å². The number of rotatable bonds is 1. The summed E-state index contributed by atoms with van der Waals surface area (Å²) >= 11 is 5.41. The van der Waals surface area contributed by atoms with Crippen molar-refractivity contribution >= 4 is 11.6 Å². The zero-order valence-corrected chi connectivity index (χ0v) is 7.71. The van der Waals surface area contributed by atoms with Crippen LogP contribution in [0.5, 0.6) is 0 Å². The van der Waals surface area contributed by atoms with Crippen molar-refractivity contribution in [1.29, 1.82) is 0 Å². The van der Waals surface area contributed by atoms with E-state index in [9.17, 15) is 13.2 Å². The third-order valence-corrected chi connectivity index (χ3v) is 2.07. The molecule has 0 unspecified atom stereocenters. The van der Waals surface area contributed by atoms with Crippen LogP contribution in [0.15, 0.2) is 18.2 Å². The van der Waals surface area contributed by atoms with Gasteiger partial charge in [0.1, 0.15) is 0 Å². The van der Waals surface area contributed by atoms with Gasteiger partial charge in [-0.15, -0.1) is 11.6 Å². The van der Waals surface area contributed by atoms with E-state index in [1.165, 1.54) is 19.1 Å². The molecule has 0 amide bonds. The van der Waals surface area contributed by atoms with Gasteiger partial charge in [0, 0.05) is 5.88 Å². The Morgan fingerprint density at radius 1 is 1.31 bits per heavy atom. The van der Waals surface area contributed by atoms with E-state index in [1.54, 1.807) is 6.07 Å². The maximum atomic E-state index is 12.4. The monoisotopic (exact) mass is 208 g/mol. The molecule has 0 fully saturated rings. The summed E-state index contributed by atoms with van der Waals surface area (Å²) in [7, 11) is 0. The molecule has 0 heterocycles. The highest BCUT2D eigenvalue weighted by molar-refractivity contribution is 6.17. The van der Waals surface area contributed by atoms with Gasteiger partial charge in [0.2, 0.25) is 0 Å². The number of benzene rings is 1. The van der Waals surface area contributed by atoms with Gasteiger partial charge in [-0.05, 0) is 18.1 Å². The summed E-state index contributed by atoms with van der Waals surface area (Å²) in [6.45, 7) is 1.43. The lowest BCUT2D eigenvalue weighted by atomic mass is 10.0. The summed E-state index contributed by atoms with van der Waals surface area (Å²) in [5.41, 5.74) is -0.259. The number of aryl methyl sites for hydroxylation is 1. The minimum absolute atomic E-state index is 0.115. The van der Waals surface area contributed by atoms with Crippen LogP contribution in [-0.4, -0.2) is 0 Å². The van der Waals surface area contributed by atoms with E-state index in [4.69, 9.17) is 11.6 Å². The largest absolute Gasteiger partial charge is 0.416 e. The number of alkyl halides is 4. The van der Waals surface area contributed by atoms with Crippen LogP contribution in [0.25, 0.3) is 0 Å². The second kappa shape index (κ2) is 3.58. The minimum Gasteiger partial charge on any atom is -0.166 e. The van der Waals surface area contributed by atoms with E-state index >= 15 is 0 Å². The Hall–Kier alpha value is -0.700. The van der Waals surface area contributed by atoms with Crippen molar-refractivity contribution < 1.29 is 13.2 Å². The molecule has 0 saturated heterocycles. The van der Waals surface area contributed by atoms with Crippen molar-refractivity contribution in [2.45, 2.75) is 19.0 Å². The average molecular weight is 209 g/mol. The van der Waals surface area contributed by atoms with E-state index < -0.39 is 11.7 Å². The van der Waals surface area contributed by atoms with Gasteiger partial charge in [-0.2, -0.15) is 13.2 Å². The molecule has 0 spiro atoms. The lowest BCUT2D eigenvalue weighted by molar-refractivity contribution is -0.138. The van der Waals surface area contributed by atoms with E-state index in [2.05, 4.69) is 0 Å². The average Bonchev–Trinajstić information content (AvgIpc) is 2.01. The molecule has 0 aromatic heterocycles. The predicted octanol–water partition coefficient (Wildman–Crippen LogP) is 3.75. The van der Waals surface area contributed by atoms with Crippen LogP contribution in [0.4, 0.5) is 13.2 Å². The standard InChI is InChI=1S/C9H8ClF3/c1-6-3-2-4-7(5-10)8(6)9(11,12)13/h2-4H,5H2,1H3. The van der Waals surface area contributed by atoms with Crippen molar-refractivity contribution in [3.63, 3.8) is 0 Å². The highest BCUT2D eigenvalue weighted by atomic mass is 35.5. The molecule has 0 saturated carbocycles. The highest BCUT2D eigenvalue weighted by Crippen LogP contribution is 2.34. The van der Waals surface area contributed by atoms with Gasteiger partial charge in [-0.25, -0.2) is 0 Å². The molecule has 0 aliphatic carbocycles. The van der Waals surface area contributed by atoms with E-state index in [-0.39, 0.29) is 17.0 Å². The van der Waals surface area contributed by atoms with Crippen molar-refractivity contribution in [1.82, 2.24) is 0 Å². The zero-order valence-electron chi connectivity index (χ0n) is 6.95. The lowest BCUT2D eigenvalue weighted by Crippen LogP contribution is -2.10. The molecule has 0 bridgehead atoms. The summed E-state index contributed by atoms with van der Waals surface area (Å²) in [6, 6.07) is 4.39. The fourth-order valence-electron chi connectivity index (χ4n) is 1.25. The predicted molar refractivity (Wildman–Crippen MR) is 45.7 cm³/mol. The first-order chi connectivity index (χ1) is 5.96. The Balaban J connectivity index is 3.32. The van der Waals surface area contributed by atoms with Crippen LogP contribution in [0, 0.1) is 6.92 Å². The number of hydrogen-bond donors (Lipinski definition) is 0. The van der Waals surface area contributed by atoms with Crippen LogP contribution in [0.1, 0.15) is 16.7 Å². The first kappa shape index (κ1) is 10.4. The molecule has 1 aromatic carbocycles. The molecule has 0 atom stereocenters. The maximum absolute atomic E-state index is 12.4. The smallest absolute Gasteiger partial charge is 0.166 e. The molecule has 13 heavy (non-hydrogen) atoms. The van der Waals surface area contributed by atoms with Crippen LogP contribution in [0.2, 0.25) is 0 Å². The minimum atomic E-state index is -4.31. The fourth-order valence-corrected chi connectivity index (χ4v) is 1.47. The molecule has 0 aliphatic heterocycles. The maximum Gasteiger partial charge on any atom is 0.416 e. The summed E-state index contributed by atoms with van der Waals surface area (Å²) in [5, 5.41) is 0. The van der Waals surface area contributed by atoms with Crippen molar-refractivity contribution in [3.8, 4) is 0 Å². The fraction of sp³-hybridized carbons (Fsp3) is 0.333. The lowest BCUT2D eigenvalue weighted by Gasteiger charge is -2.13. The van der Waals surface area contributed by atoms with Crippen molar-refractivity contribution in [3.05, 3.63) is 34.9 Å². The molecule has 0 aliphatic rings. The van der Waals surface area contributed by atoms with Crippen molar-refractivity contribution in [2.75, 3.05) is 0 Å². The van der Waals surface area contributed by atoms with Gasteiger partial charge in [0.15, 0.2) is 0 Å². The Labute approximate surface area is 79.3 Å². The first-order valence-electron chi connectivity index (χ1n) is 3.68. The third kappa shape index (κ3) is 2.15. The zero-order chi connectivity index (χ0) is 10.1. The van der Waals surface area contributed by atoms with Crippen LogP contribution in [-0.2, 0) is 12.1 Å². The molecule has 72 valence electrons. The first-order valence-corrected chi connectivity index (χ1v) is 4.22. The SMILES string of the molecule is Cc1cccc(CCl)c1C(F)(F)F. The Morgan fingerprint density at radius 3 is 2.31 bits per heavy atom. The Kier molecular flexibility index (Phi) is 2.86. The summed E-state index contributed by atoms with van der Waals surface area (Å²) in [4.78, 5) is 0. The van der Waals surface area contributed by atoms with Gasteiger partial charge in [0.25, 0.3) is 0 Å². The van der Waals surface area contributed by atoms with E-state index in [1.807, 2.05) is 0 Å². The van der Waals surface area contributed by atoms with Crippen LogP contribution >= 0.6 is 11.6 Å². The number of halogens is 4. The number of hydrogen-bond acceptors (Lipinski definition) is 0. The van der Waals surface area contributed by atoms with Crippen LogP contribution in [0.3, 0.4) is 0 Å². The molecular weight excluding hydrogens is 201 g/mol. The van der Waals surface area contributed by atoms with Crippen LogP contribution < -0.4 is 0 Å². The molecule has 1 rings (SSSR count). The molecule has 0 N–H and O–H groups in total. The molecule has 4 heteroatoms. The molecule has 1 aromatic rings. The van der Waals surface area contributed by atoms with Gasteiger partial charge in [0.05, 0.1) is 5.56 Å². The third-order valence-electron chi connectivity index (χ3n) is 1.79. The highest BCUT2D eigenvalue weighted by Gasteiger charge is 2.34. The van der Waals surface area contributed by atoms with Gasteiger partial charge >= 0.3 is 6.18 Å². The van der Waals surface area contributed by atoms with Gasteiger partial charge in [-0.1, -0.05) is 18.2 Å². The molecular formula is C9H8ClF3. The Morgan fingerprint density at radius 2 is 1.92 bits per heavy atom. The normalized spacial score (nSPS) is 11.8. The quantitative estimate of drug-likeness (QED) is 0.617. The molecule has 0 nitrogen and oxygen atoms in total.